The highest BCUT2D eigenvalue weighted by molar-refractivity contribution is 7.22. The van der Waals surface area contributed by atoms with E-state index in [-0.39, 0.29) is 0 Å². The number of anilines is 1. The van der Waals surface area contributed by atoms with E-state index in [2.05, 4.69) is 20.3 Å². The maximum atomic E-state index is 12.7. The van der Waals surface area contributed by atoms with Crippen LogP contribution in [0.3, 0.4) is 0 Å². The molecule has 0 radical (unpaired) electrons. The van der Waals surface area contributed by atoms with Gasteiger partial charge in [-0.3, -0.25) is 10.1 Å². The average molecular weight is 428 g/mol. The number of nitrogens with zero attached hydrogens (tertiary/aromatic N) is 2. The van der Waals surface area contributed by atoms with Crippen LogP contribution in [0.25, 0.3) is 32.6 Å². The Morgan fingerprint density at radius 1 is 0.903 bits per heavy atom. The molecular weight excluding hydrogens is 412 g/mol. The molecule has 0 atom stereocenters. The number of H-pyrrole nitrogens is 1. The Kier molecular flexibility index (Phi) is 4.89. The molecule has 2 N–H and O–H groups in total. The van der Waals surface area contributed by atoms with Crippen LogP contribution >= 0.6 is 11.3 Å². The second-order valence-corrected chi connectivity index (χ2v) is 7.79. The number of benzene rings is 3. The Morgan fingerprint density at radius 2 is 1.65 bits per heavy atom. The van der Waals surface area contributed by atoms with Crippen molar-refractivity contribution >= 4 is 49.6 Å². The monoisotopic (exact) mass is 428 g/mol. The summed E-state index contributed by atoms with van der Waals surface area (Å²) in [4.78, 5) is 37.1. The fourth-order valence-corrected chi connectivity index (χ4v) is 4.12. The highest BCUT2D eigenvalue weighted by Crippen LogP contribution is 2.26. The Balaban J connectivity index is 1.30. The normalized spacial score (nSPS) is 11.0. The lowest BCUT2D eigenvalue weighted by molar-refractivity contribution is -0.119. The van der Waals surface area contributed by atoms with Crippen LogP contribution in [0.15, 0.2) is 72.8 Å². The molecule has 0 fully saturated rings. The first-order chi connectivity index (χ1) is 15.2. The summed E-state index contributed by atoms with van der Waals surface area (Å²) in [5.41, 5.74) is 3.41. The molecule has 8 heteroatoms. The van der Waals surface area contributed by atoms with Crippen LogP contribution in [-0.4, -0.2) is 33.4 Å². The summed E-state index contributed by atoms with van der Waals surface area (Å²) in [5.74, 6) is -0.489. The zero-order valence-electron chi connectivity index (χ0n) is 16.2. The van der Waals surface area contributed by atoms with Gasteiger partial charge in [-0.25, -0.2) is 14.8 Å². The molecule has 0 aliphatic heterocycles. The van der Waals surface area contributed by atoms with E-state index in [1.54, 1.807) is 18.2 Å². The fraction of sp³-hybridized carbons (Fsp3) is 0.0435. The van der Waals surface area contributed by atoms with Gasteiger partial charge in [-0.2, -0.15) is 0 Å². The van der Waals surface area contributed by atoms with Gasteiger partial charge in [0, 0.05) is 5.56 Å². The molecule has 2 heterocycles. The van der Waals surface area contributed by atoms with Crippen molar-refractivity contribution in [3.63, 3.8) is 0 Å². The quantitative estimate of drug-likeness (QED) is 0.398. The first-order valence-corrected chi connectivity index (χ1v) is 10.4. The molecule has 2 aromatic heterocycles. The molecule has 0 aliphatic rings. The summed E-state index contributed by atoms with van der Waals surface area (Å²) in [5, 5.41) is 3.14. The highest BCUT2D eigenvalue weighted by atomic mass is 32.1. The zero-order valence-corrected chi connectivity index (χ0v) is 17.0. The summed E-state index contributed by atoms with van der Waals surface area (Å²) in [6.45, 7) is -0.413. The van der Waals surface area contributed by atoms with Gasteiger partial charge in [0.1, 0.15) is 5.82 Å². The van der Waals surface area contributed by atoms with Crippen molar-refractivity contribution in [2.24, 2.45) is 0 Å². The summed E-state index contributed by atoms with van der Waals surface area (Å²) in [7, 11) is 0. The number of thiazole rings is 1. The number of amides is 1. The Morgan fingerprint density at radius 3 is 2.48 bits per heavy atom. The maximum absolute atomic E-state index is 12.7. The summed E-state index contributed by atoms with van der Waals surface area (Å²) in [6.07, 6.45) is 0. The van der Waals surface area contributed by atoms with Gasteiger partial charge in [-0.05, 0) is 30.3 Å². The lowest BCUT2D eigenvalue weighted by atomic mass is 10.1. The van der Waals surface area contributed by atoms with Crippen LogP contribution in [0.1, 0.15) is 10.4 Å². The lowest BCUT2D eigenvalue weighted by Gasteiger charge is -2.08. The van der Waals surface area contributed by atoms with Gasteiger partial charge in [-0.15, -0.1) is 0 Å². The van der Waals surface area contributed by atoms with E-state index < -0.39 is 18.5 Å². The third-order valence-corrected chi connectivity index (χ3v) is 5.62. The first kappa shape index (κ1) is 19.0. The predicted octanol–water partition coefficient (Wildman–Crippen LogP) is 4.64. The van der Waals surface area contributed by atoms with E-state index in [0.29, 0.717) is 22.1 Å². The van der Waals surface area contributed by atoms with E-state index >= 15 is 0 Å². The van der Waals surface area contributed by atoms with Gasteiger partial charge >= 0.3 is 5.97 Å². The van der Waals surface area contributed by atoms with E-state index in [1.165, 1.54) is 11.3 Å². The molecule has 1 amide bonds. The molecule has 0 aliphatic carbocycles. The van der Waals surface area contributed by atoms with Crippen molar-refractivity contribution in [2.45, 2.75) is 0 Å². The van der Waals surface area contributed by atoms with Crippen LogP contribution in [-0.2, 0) is 9.53 Å². The minimum atomic E-state index is -0.601. The van der Waals surface area contributed by atoms with Crippen molar-refractivity contribution in [3.05, 3.63) is 78.4 Å². The molecule has 0 unspecified atom stereocenters. The number of imidazole rings is 1. The lowest BCUT2D eigenvalue weighted by Crippen LogP contribution is -2.21. The van der Waals surface area contributed by atoms with Gasteiger partial charge in [-0.1, -0.05) is 53.8 Å². The number of hydrogen-bond acceptors (Lipinski definition) is 6. The standard InChI is InChI=1S/C23H16N4O3S/c28-20(27-23-26-18-11-5-6-12-19(18)31-23)13-30-22(29)15-8-2-1-7-14(15)21-24-16-9-3-4-10-17(16)25-21/h1-12H,13H2,(H,24,25)(H,26,27,28). The van der Waals surface area contributed by atoms with Crippen molar-refractivity contribution < 1.29 is 14.3 Å². The number of esters is 1. The Hall–Kier alpha value is -4.04. The van der Waals surface area contributed by atoms with Crippen LogP contribution in [0.2, 0.25) is 0 Å². The molecule has 5 aromatic rings. The predicted molar refractivity (Wildman–Crippen MR) is 120 cm³/mol. The number of fused-ring (bicyclic) bond motifs is 2. The fourth-order valence-electron chi connectivity index (χ4n) is 3.24. The number of hydrogen-bond donors (Lipinski definition) is 2. The Labute approximate surface area is 180 Å². The number of ether oxygens (including phenoxy) is 1. The number of aromatic nitrogens is 3. The number of aromatic amines is 1. The molecule has 0 saturated carbocycles. The second-order valence-electron chi connectivity index (χ2n) is 6.76. The second kappa shape index (κ2) is 8.00. The molecule has 3 aromatic carbocycles. The minimum absolute atomic E-state index is 0.328. The van der Waals surface area contributed by atoms with Gasteiger partial charge in [0.25, 0.3) is 5.91 Å². The molecule has 31 heavy (non-hydrogen) atoms. The van der Waals surface area contributed by atoms with Crippen LogP contribution in [0.5, 0.6) is 0 Å². The smallest absolute Gasteiger partial charge is 0.339 e. The SMILES string of the molecule is O=C(COC(=O)c1ccccc1-c1nc2ccccc2[nH]1)Nc1nc2ccccc2s1. The molecular formula is C23H16N4O3S. The van der Waals surface area contributed by atoms with Crippen molar-refractivity contribution in [1.29, 1.82) is 0 Å². The first-order valence-electron chi connectivity index (χ1n) is 9.54. The van der Waals surface area contributed by atoms with Crippen LogP contribution in [0.4, 0.5) is 5.13 Å². The van der Waals surface area contributed by atoms with Gasteiger partial charge in [0.15, 0.2) is 11.7 Å². The number of nitrogens with one attached hydrogen (secondary N) is 2. The molecule has 5 rings (SSSR count). The van der Waals surface area contributed by atoms with E-state index in [1.807, 2.05) is 54.6 Å². The average Bonchev–Trinajstić information content (AvgIpc) is 3.41. The number of para-hydroxylation sites is 3. The molecule has 7 nitrogen and oxygen atoms in total. The zero-order chi connectivity index (χ0) is 21.2. The highest BCUT2D eigenvalue weighted by Gasteiger charge is 2.18. The third kappa shape index (κ3) is 3.88. The third-order valence-electron chi connectivity index (χ3n) is 4.67. The van der Waals surface area contributed by atoms with Crippen molar-refractivity contribution in [2.75, 3.05) is 11.9 Å². The van der Waals surface area contributed by atoms with Crippen molar-refractivity contribution in [3.8, 4) is 11.4 Å². The summed E-state index contributed by atoms with van der Waals surface area (Å²) >= 11 is 1.36. The summed E-state index contributed by atoms with van der Waals surface area (Å²) in [6, 6.07) is 22.2. The van der Waals surface area contributed by atoms with Crippen molar-refractivity contribution in [1.82, 2.24) is 15.0 Å². The number of carbonyl (C=O) groups excluding carboxylic acids is 2. The Bertz CT molecular complexity index is 1360. The number of rotatable bonds is 5. The largest absolute Gasteiger partial charge is 0.452 e. The number of carbonyl (C=O) groups is 2. The molecule has 152 valence electrons. The van der Waals surface area contributed by atoms with E-state index in [9.17, 15) is 9.59 Å². The van der Waals surface area contributed by atoms with Gasteiger partial charge < -0.3 is 9.72 Å². The minimum Gasteiger partial charge on any atom is -0.452 e. The van der Waals surface area contributed by atoms with E-state index in [4.69, 9.17) is 4.74 Å². The molecule has 0 saturated heterocycles. The molecule has 0 spiro atoms. The van der Waals surface area contributed by atoms with E-state index in [0.717, 1.165) is 21.3 Å². The van der Waals surface area contributed by atoms with Crippen LogP contribution in [0, 0.1) is 0 Å². The van der Waals surface area contributed by atoms with Gasteiger partial charge in [0.2, 0.25) is 0 Å². The van der Waals surface area contributed by atoms with Gasteiger partial charge in [0.05, 0.1) is 26.8 Å². The molecule has 0 bridgehead atoms. The topological polar surface area (TPSA) is 97.0 Å². The maximum Gasteiger partial charge on any atom is 0.339 e. The van der Waals surface area contributed by atoms with Crippen LogP contribution < -0.4 is 5.32 Å². The summed E-state index contributed by atoms with van der Waals surface area (Å²) < 4.78 is 6.22.